The van der Waals surface area contributed by atoms with E-state index in [0.29, 0.717) is 6.54 Å². The Balaban J connectivity index is 3.47. The van der Waals surface area contributed by atoms with Gasteiger partial charge in [-0.25, -0.2) is 0 Å². The fourth-order valence-corrected chi connectivity index (χ4v) is 1.03. The third-order valence-electron chi connectivity index (χ3n) is 1.05. The molecule has 0 saturated carbocycles. The summed E-state index contributed by atoms with van der Waals surface area (Å²) in [4.78, 5) is 11.0. The van der Waals surface area contributed by atoms with Gasteiger partial charge in [0.25, 0.3) is 0 Å². The van der Waals surface area contributed by atoms with Crippen molar-refractivity contribution in [3.63, 3.8) is 0 Å². The van der Waals surface area contributed by atoms with E-state index in [2.05, 4.69) is 5.32 Å². The summed E-state index contributed by atoms with van der Waals surface area (Å²) < 4.78 is 5.04. The predicted octanol–water partition coefficient (Wildman–Crippen LogP) is 0.953. The molecular weight excluding hydrogens is 217 g/mol. The Kier molecular flexibility index (Phi) is 5.39. The third kappa shape index (κ3) is 7.93. The first-order valence-corrected chi connectivity index (χ1v) is 5.84. The molecule has 12 heavy (non-hydrogen) atoms. The quantitative estimate of drug-likeness (QED) is 0.584. The molecular formula is C8H18AsNO2. The summed E-state index contributed by atoms with van der Waals surface area (Å²) >= 11 is 1.68. The Hall–Kier alpha value is -0.172. The van der Waals surface area contributed by atoms with Crippen molar-refractivity contribution in [2.45, 2.75) is 38.0 Å². The second kappa shape index (κ2) is 5.47. The molecule has 0 saturated heterocycles. The number of carbonyl (C=O) groups excluding carboxylic acids is 1. The van der Waals surface area contributed by atoms with Gasteiger partial charge in [0.2, 0.25) is 0 Å². The number of alkyl carbamates (subject to hydrolysis) is 1. The Morgan fingerprint density at radius 3 is 2.50 bits per heavy atom. The molecule has 4 heteroatoms. The van der Waals surface area contributed by atoms with Gasteiger partial charge in [0, 0.05) is 0 Å². The fourth-order valence-electron chi connectivity index (χ4n) is 0.607. The van der Waals surface area contributed by atoms with Crippen LogP contribution in [0.2, 0.25) is 5.21 Å². The molecule has 1 unspecified atom stereocenters. The van der Waals surface area contributed by atoms with Gasteiger partial charge < -0.3 is 0 Å². The predicted molar refractivity (Wildman–Crippen MR) is 52.2 cm³/mol. The molecule has 0 aliphatic carbocycles. The van der Waals surface area contributed by atoms with Crippen molar-refractivity contribution >= 4 is 22.9 Å². The Morgan fingerprint density at radius 2 is 2.08 bits per heavy atom. The zero-order chi connectivity index (χ0) is 9.61. The Bertz CT molecular complexity index is 142. The van der Waals surface area contributed by atoms with Crippen molar-refractivity contribution in [1.82, 2.24) is 5.32 Å². The van der Waals surface area contributed by atoms with E-state index in [1.54, 1.807) is 16.9 Å². The molecule has 0 radical (unpaired) electrons. The number of carbonyl (C=O) groups is 1. The monoisotopic (exact) mass is 235 g/mol. The average molecular weight is 235 g/mol. The second-order valence-electron chi connectivity index (χ2n) is 3.57. The minimum atomic E-state index is -0.389. The van der Waals surface area contributed by atoms with Crippen LogP contribution < -0.4 is 5.32 Å². The van der Waals surface area contributed by atoms with Crippen LogP contribution in [-0.4, -0.2) is 35.1 Å². The van der Waals surface area contributed by atoms with Crippen molar-refractivity contribution in [1.29, 1.82) is 0 Å². The van der Waals surface area contributed by atoms with Crippen LogP contribution in [0.3, 0.4) is 0 Å². The van der Waals surface area contributed by atoms with Gasteiger partial charge in [0.1, 0.15) is 0 Å². The van der Waals surface area contributed by atoms with Crippen LogP contribution in [0.15, 0.2) is 0 Å². The first-order chi connectivity index (χ1) is 5.45. The molecule has 0 aromatic carbocycles. The average Bonchev–Trinajstić information content (AvgIpc) is 1.84. The van der Waals surface area contributed by atoms with Crippen molar-refractivity contribution in [3.05, 3.63) is 0 Å². The van der Waals surface area contributed by atoms with Gasteiger partial charge in [0.15, 0.2) is 0 Å². The summed E-state index contributed by atoms with van der Waals surface area (Å²) in [5, 5.41) is 3.83. The van der Waals surface area contributed by atoms with E-state index in [1.807, 2.05) is 20.8 Å². The topological polar surface area (TPSA) is 38.3 Å². The molecule has 1 atom stereocenters. The minimum absolute atomic E-state index is 0.316. The van der Waals surface area contributed by atoms with E-state index < -0.39 is 0 Å². The molecule has 0 aromatic rings. The van der Waals surface area contributed by atoms with Crippen molar-refractivity contribution in [2.75, 3.05) is 6.54 Å². The van der Waals surface area contributed by atoms with Gasteiger partial charge in [-0.2, -0.15) is 0 Å². The number of nitrogens with one attached hydrogen (secondary N) is 1. The molecule has 0 rings (SSSR count). The molecule has 0 fully saturated rings. The maximum absolute atomic E-state index is 11.0. The molecule has 1 amide bonds. The van der Waals surface area contributed by atoms with Gasteiger partial charge >= 0.3 is 82.3 Å². The van der Waals surface area contributed by atoms with Gasteiger partial charge in [-0.05, 0) is 0 Å². The number of hydrogen-bond acceptors (Lipinski definition) is 2. The maximum atomic E-state index is 11.0. The molecule has 72 valence electrons. The van der Waals surface area contributed by atoms with Crippen LogP contribution in [-0.2, 0) is 4.74 Å². The van der Waals surface area contributed by atoms with E-state index in [1.165, 1.54) is 0 Å². The summed E-state index contributed by atoms with van der Waals surface area (Å²) in [6.07, 6.45) is 0.711. The molecule has 0 heterocycles. The van der Waals surface area contributed by atoms with E-state index in [0.717, 1.165) is 11.6 Å². The fraction of sp³-hybridized carbons (Fsp3) is 0.875. The zero-order valence-electron chi connectivity index (χ0n) is 8.02. The Morgan fingerprint density at radius 1 is 1.50 bits per heavy atom. The van der Waals surface area contributed by atoms with E-state index in [4.69, 9.17) is 4.74 Å². The van der Waals surface area contributed by atoms with Gasteiger partial charge in [-0.15, -0.1) is 0 Å². The zero-order valence-corrected chi connectivity index (χ0v) is 10.4. The van der Waals surface area contributed by atoms with Crippen molar-refractivity contribution in [3.8, 4) is 0 Å². The van der Waals surface area contributed by atoms with Crippen LogP contribution in [0.5, 0.6) is 0 Å². The number of hydrogen-bond donors (Lipinski definition) is 1. The van der Waals surface area contributed by atoms with Crippen LogP contribution in [0.1, 0.15) is 27.2 Å². The standard InChI is InChI=1S/C8H18AsNO2/c1-8(2,3)12-7(11)10-6-4-5-9/h4-6,9H2,1-3H3,(H,10,11). The van der Waals surface area contributed by atoms with E-state index in [-0.39, 0.29) is 11.7 Å². The SMILES string of the molecule is CC(C)(C)OC(=O)NCCC[AsH2]. The molecule has 1 N–H and O–H groups in total. The number of ether oxygens (including phenoxy) is 1. The summed E-state index contributed by atoms with van der Waals surface area (Å²) in [7, 11) is 0. The van der Waals surface area contributed by atoms with Crippen LogP contribution in [0, 0.1) is 0 Å². The first-order valence-electron chi connectivity index (χ1n) is 4.12. The van der Waals surface area contributed by atoms with Crippen molar-refractivity contribution in [2.24, 2.45) is 0 Å². The summed E-state index contributed by atoms with van der Waals surface area (Å²) in [5.74, 6) is 0. The van der Waals surface area contributed by atoms with Crippen LogP contribution in [0.4, 0.5) is 4.79 Å². The van der Waals surface area contributed by atoms with Crippen LogP contribution in [0.25, 0.3) is 0 Å². The van der Waals surface area contributed by atoms with E-state index in [9.17, 15) is 4.79 Å². The second-order valence-corrected chi connectivity index (χ2v) is 4.78. The molecule has 0 spiro atoms. The molecule has 0 aliphatic rings. The normalized spacial score (nSPS) is 11.0. The Labute approximate surface area is 82.7 Å². The van der Waals surface area contributed by atoms with Gasteiger partial charge in [-0.3, -0.25) is 0 Å². The van der Waals surface area contributed by atoms with Crippen molar-refractivity contribution < 1.29 is 9.53 Å². The summed E-state index contributed by atoms with van der Waals surface area (Å²) in [5.41, 5.74) is -0.389. The number of rotatable bonds is 3. The van der Waals surface area contributed by atoms with Gasteiger partial charge in [-0.1, -0.05) is 0 Å². The van der Waals surface area contributed by atoms with Gasteiger partial charge in [0.05, 0.1) is 0 Å². The molecule has 0 bridgehead atoms. The summed E-state index contributed by atoms with van der Waals surface area (Å²) in [6.45, 7) is 6.29. The van der Waals surface area contributed by atoms with E-state index >= 15 is 0 Å². The summed E-state index contributed by atoms with van der Waals surface area (Å²) in [6, 6.07) is 0. The number of amides is 1. The molecule has 0 aromatic heterocycles. The van der Waals surface area contributed by atoms with Crippen LogP contribution >= 0.6 is 0 Å². The molecule has 3 nitrogen and oxygen atoms in total. The third-order valence-corrected chi connectivity index (χ3v) is 1.91. The molecule has 0 aliphatic heterocycles. The first kappa shape index (κ1) is 11.8.